The van der Waals surface area contributed by atoms with Crippen LogP contribution >= 0.6 is 0 Å². The van der Waals surface area contributed by atoms with Crippen molar-refractivity contribution in [1.29, 1.82) is 0 Å². The molecule has 0 aromatic heterocycles. The number of hydrogen-bond acceptors (Lipinski definition) is 3. The smallest absolute Gasteiger partial charge is 0.346 e. The summed E-state index contributed by atoms with van der Waals surface area (Å²) in [6.45, 7) is 12.8. The molecule has 0 bridgehead atoms. The van der Waals surface area contributed by atoms with Crippen LogP contribution in [-0.2, 0) is 15.6 Å². The molecule has 0 saturated carbocycles. The van der Waals surface area contributed by atoms with E-state index >= 15 is 0 Å². The first-order chi connectivity index (χ1) is 15.5. The lowest BCUT2D eigenvalue weighted by atomic mass is 9.82. The molecule has 0 saturated heterocycles. The Kier molecular flexibility index (Phi) is 5.61. The summed E-state index contributed by atoms with van der Waals surface area (Å²) in [6, 6.07) is 23.0. The molecule has 0 N–H and O–H groups in total. The van der Waals surface area contributed by atoms with Crippen molar-refractivity contribution in [3.8, 4) is 0 Å². The van der Waals surface area contributed by atoms with E-state index in [1.807, 2.05) is 60.7 Å². The molecule has 0 aliphatic carbocycles. The molecule has 0 atom stereocenters. The van der Waals surface area contributed by atoms with Crippen molar-refractivity contribution in [2.45, 2.75) is 52.4 Å². The van der Waals surface area contributed by atoms with Crippen LogP contribution in [0.1, 0.15) is 73.4 Å². The zero-order valence-corrected chi connectivity index (χ0v) is 20.2. The zero-order valence-electron chi connectivity index (χ0n) is 20.2. The number of ether oxygens (including phenoxy) is 1. The van der Waals surface area contributed by atoms with Gasteiger partial charge in [-0.15, -0.1) is 0 Å². The number of esters is 2. The molecule has 33 heavy (non-hydrogen) atoms. The molecule has 0 aliphatic heterocycles. The standard InChI is InChI=1S/C30H30O3/c1-29(2,3)25-17-15-23(19-11-7-9-13-21(19)25)27(31)33-28(32)24-16-18-26(30(4,5)6)22-14-10-8-12-20(22)24/h7-18H,1-6H3. The minimum atomic E-state index is -0.638. The van der Waals surface area contributed by atoms with E-state index in [9.17, 15) is 9.59 Å². The molecule has 0 spiro atoms. The van der Waals surface area contributed by atoms with Gasteiger partial charge in [0.25, 0.3) is 0 Å². The van der Waals surface area contributed by atoms with E-state index in [4.69, 9.17) is 4.74 Å². The number of benzene rings is 4. The summed E-state index contributed by atoms with van der Waals surface area (Å²) in [6.07, 6.45) is 0. The Morgan fingerprint density at radius 2 is 0.848 bits per heavy atom. The first kappa shape index (κ1) is 22.7. The van der Waals surface area contributed by atoms with Gasteiger partial charge in [-0.3, -0.25) is 0 Å². The average molecular weight is 439 g/mol. The largest absolute Gasteiger partial charge is 0.386 e. The van der Waals surface area contributed by atoms with Gasteiger partial charge in [0.05, 0.1) is 11.1 Å². The highest BCUT2D eigenvalue weighted by Crippen LogP contribution is 2.34. The second-order valence-corrected chi connectivity index (χ2v) is 10.6. The van der Waals surface area contributed by atoms with Gasteiger partial charge in [-0.1, -0.05) is 102 Å². The first-order valence-corrected chi connectivity index (χ1v) is 11.3. The van der Waals surface area contributed by atoms with Gasteiger partial charge in [0.1, 0.15) is 0 Å². The second-order valence-electron chi connectivity index (χ2n) is 10.6. The van der Waals surface area contributed by atoms with E-state index in [1.165, 1.54) is 0 Å². The van der Waals surface area contributed by atoms with E-state index < -0.39 is 11.9 Å². The van der Waals surface area contributed by atoms with Crippen molar-refractivity contribution in [3.05, 3.63) is 95.1 Å². The lowest BCUT2D eigenvalue weighted by molar-refractivity contribution is 0.0400. The Bertz CT molecular complexity index is 1270. The number of fused-ring (bicyclic) bond motifs is 2. The molecule has 0 fully saturated rings. The summed E-state index contributed by atoms with van der Waals surface area (Å²) < 4.78 is 5.41. The molecular weight excluding hydrogens is 408 g/mol. The lowest BCUT2D eigenvalue weighted by Crippen LogP contribution is -2.17. The summed E-state index contributed by atoms with van der Waals surface area (Å²) in [7, 11) is 0. The van der Waals surface area contributed by atoms with Crippen LogP contribution in [0.15, 0.2) is 72.8 Å². The average Bonchev–Trinajstić information content (AvgIpc) is 2.76. The predicted octanol–water partition coefficient (Wildman–Crippen LogP) is 7.59. The van der Waals surface area contributed by atoms with Crippen molar-refractivity contribution in [2.24, 2.45) is 0 Å². The summed E-state index contributed by atoms with van der Waals surface area (Å²) >= 11 is 0. The second kappa shape index (κ2) is 8.15. The Morgan fingerprint density at radius 1 is 0.515 bits per heavy atom. The third kappa shape index (κ3) is 4.28. The van der Waals surface area contributed by atoms with Crippen molar-refractivity contribution >= 4 is 33.5 Å². The Balaban J connectivity index is 1.73. The van der Waals surface area contributed by atoms with Crippen molar-refractivity contribution in [1.82, 2.24) is 0 Å². The SMILES string of the molecule is CC(C)(C)c1ccc(C(=O)OC(=O)c2ccc(C(C)(C)C)c3ccccc23)c2ccccc12. The van der Waals surface area contributed by atoms with Gasteiger partial charge in [0.2, 0.25) is 0 Å². The highest BCUT2D eigenvalue weighted by atomic mass is 16.6. The fourth-order valence-electron chi connectivity index (χ4n) is 4.46. The third-order valence-corrected chi connectivity index (χ3v) is 6.09. The maximum Gasteiger partial charge on any atom is 0.346 e. The maximum absolute atomic E-state index is 13.1. The van der Waals surface area contributed by atoms with Gasteiger partial charge in [-0.2, -0.15) is 0 Å². The minimum Gasteiger partial charge on any atom is -0.386 e. The van der Waals surface area contributed by atoms with E-state index in [-0.39, 0.29) is 10.8 Å². The fourth-order valence-corrected chi connectivity index (χ4v) is 4.46. The molecular formula is C30H30O3. The Hall–Kier alpha value is -3.46. The third-order valence-electron chi connectivity index (χ3n) is 6.09. The fraction of sp³-hybridized carbons (Fsp3) is 0.267. The van der Waals surface area contributed by atoms with Crippen LogP contribution in [0.5, 0.6) is 0 Å². The van der Waals surface area contributed by atoms with Gasteiger partial charge >= 0.3 is 11.9 Å². The predicted molar refractivity (Wildman–Crippen MR) is 135 cm³/mol. The highest BCUT2D eigenvalue weighted by Gasteiger charge is 2.24. The molecule has 168 valence electrons. The normalized spacial score (nSPS) is 12.2. The Labute approximate surface area is 195 Å². The van der Waals surface area contributed by atoms with Crippen LogP contribution < -0.4 is 0 Å². The highest BCUT2D eigenvalue weighted by molar-refractivity contribution is 6.13. The summed E-state index contributed by atoms with van der Waals surface area (Å²) in [5, 5.41) is 3.56. The van der Waals surface area contributed by atoms with Crippen LogP contribution in [-0.4, -0.2) is 11.9 Å². The first-order valence-electron chi connectivity index (χ1n) is 11.3. The van der Waals surface area contributed by atoms with Gasteiger partial charge in [0, 0.05) is 0 Å². The van der Waals surface area contributed by atoms with Gasteiger partial charge in [-0.25, -0.2) is 9.59 Å². The van der Waals surface area contributed by atoms with E-state index in [0.717, 1.165) is 32.7 Å². The lowest BCUT2D eigenvalue weighted by Gasteiger charge is -2.22. The monoisotopic (exact) mass is 438 g/mol. The summed E-state index contributed by atoms with van der Waals surface area (Å²) in [4.78, 5) is 26.2. The maximum atomic E-state index is 13.1. The van der Waals surface area contributed by atoms with E-state index in [0.29, 0.717) is 11.1 Å². The van der Waals surface area contributed by atoms with Gasteiger partial charge in [-0.05, 0) is 55.6 Å². The van der Waals surface area contributed by atoms with Crippen LogP contribution in [0.4, 0.5) is 0 Å². The van der Waals surface area contributed by atoms with E-state index in [2.05, 4.69) is 41.5 Å². The van der Waals surface area contributed by atoms with Crippen LogP contribution in [0.3, 0.4) is 0 Å². The summed E-state index contributed by atoms with van der Waals surface area (Å²) in [5.74, 6) is -1.28. The van der Waals surface area contributed by atoms with E-state index in [1.54, 1.807) is 12.1 Å². The molecule has 0 heterocycles. The summed E-state index contributed by atoms with van der Waals surface area (Å²) in [5.41, 5.74) is 2.91. The quantitative estimate of drug-likeness (QED) is 0.239. The van der Waals surface area contributed by atoms with Crippen molar-refractivity contribution in [2.75, 3.05) is 0 Å². The molecule has 0 unspecified atom stereocenters. The Morgan fingerprint density at radius 3 is 1.18 bits per heavy atom. The minimum absolute atomic E-state index is 0.0778. The molecule has 3 nitrogen and oxygen atoms in total. The van der Waals surface area contributed by atoms with Crippen LogP contribution in [0, 0.1) is 0 Å². The van der Waals surface area contributed by atoms with Gasteiger partial charge in [0.15, 0.2) is 0 Å². The molecule has 0 aliphatic rings. The number of rotatable bonds is 2. The van der Waals surface area contributed by atoms with Crippen molar-refractivity contribution in [3.63, 3.8) is 0 Å². The van der Waals surface area contributed by atoms with Crippen LogP contribution in [0.2, 0.25) is 0 Å². The molecule has 4 rings (SSSR count). The number of carbonyl (C=O) groups is 2. The topological polar surface area (TPSA) is 43.4 Å². The molecule has 0 amide bonds. The number of hydrogen-bond donors (Lipinski definition) is 0. The molecule has 4 aromatic carbocycles. The molecule has 0 radical (unpaired) electrons. The molecule has 4 aromatic rings. The van der Waals surface area contributed by atoms with Crippen LogP contribution in [0.25, 0.3) is 21.5 Å². The number of carbonyl (C=O) groups excluding carboxylic acids is 2. The van der Waals surface area contributed by atoms with Crippen molar-refractivity contribution < 1.29 is 14.3 Å². The molecule has 3 heteroatoms. The van der Waals surface area contributed by atoms with Gasteiger partial charge < -0.3 is 4.74 Å². The zero-order chi connectivity index (χ0) is 24.0.